The Morgan fingerprint density at radius 3 is 2.63 bits per heavy atom. The Morgan fingerprint density at radius 2 is 1.89 bits per heavy atom. The lowest BCUT2D eigenvalue weighted by Crippen LogP contribution is -1.99. The second kappa shape index (κ2) is 4.93. The summed E-state index contributed by atoms with van der Waals surface area (Å²) < 4.78 is 2.77. The first-order chi connectivity index (χ1) is 9.24. The Labute approximate surface area is 119 Å². The molecule has 0 saturated heterocycles. The van der Waals surface area contributed by atoms with Gasteiger partial charge in [-0.3, -0.25) is 0 Å². The number of hydrogen-bond acceptors (Lipinski definition) is 3. The highest BCUT2D eigenvalue weighted by Gasteiger charge is 2.07. The minimum Gasteiger partial charge on any atom is -0.220 e. The summed E-state index contributed by atoms with van der Waals surface area (Å²) >= 11 is 3.54. The molecule has 0 bridgehead atoms. The molecule has 2 aromatic heterocycles. The number of hydrogen-bond donors (Lipinski definition) is 0. The summed E-state index contributed by atoms with van der Waals surface area (Å²) in [6.07, 6.45) is 3.76. The summed E-state index contributed by atoms with van der Waals surface area (Å²) in [6.45, 7) is 1.91. The summed E-state index contributed by atoms with van der Waals surface area (Å²) in [5.41, 5.74) is 3.03. The van der Waals surface area contributed by atoms with Gasteiger partial charge in [0.15, 0.2) is 5.82 Å². The predicted molar refractivity (Wildman–Crippen MR) is 77.0 cm³/mol. The van der Waals surface area contributed by atoms with Crippen molar-refractivity contribution < 1.29 is 0 Å². The SMILES string of the molecule is Cc1ccc(-n2cc(-c3ccccc3Br)cn2)nn1. The zero-order valence-corrected chi connectivity index (χ0v) is 11.9. The Hall–Kier alpha value is -2.01. The van der Waals surface area contributed by atoms with Crippen LogP contribution in [0.3, 0.4) is 0 Å². The van der Waals surface area contributed by atoms with E-state index in [-0.39, 0.29) is 0 Å². The number of aromatic nitrogens is 4. The molecule has 0 amide bonds. The largest absolute Gasteiger partial charge is 0.220 e. The molecule has 0 unspecified atom stereocenters. The van der Waals surface area contributed by atoms with E-state index in [9.17, 15) is 0 Å². The summed E-state index contributed by atoms with van der Waals surface area (Å²) in [4.78, 5) is 0. The van der Waals surface area contributed by atoms with E-state index >= 15 is 0 Å². The van der Waals surface area contributed by atoms with Crippen LogP contribution in [0.4, 0.5) is 0 Å². The average Bonchev–Trinajstić information content (AvgIpc) is 2.89. The lowest BCUT2D eigenvalue weighted by Gasteiger charge is -2.00. The first kappa shape index (κ1) is 12.0. The van der Waals surface area contributed by atoms with Gasteiger partial charge in [-0.05, 0) is 30.7 Å². The van der Waals surface area contributed by atoms with Crippen LogP contribution in [0.25, 0.3) is 16.9 Å². The van der Waals surface area contributed by atoms with Crippen molar-refractivity contribution in [1.29, 1.82) is 0 Å². The summed E-state index contributed by atoms with van der Waals surface area (Å²) in [5.74, 6) is 0.712. The highest BCUT2D eigenvalue weighted by atomic mass is 79.9. The molecule has 4 nitrogen and oxygen atoms in total. The number of nitrogens with zero attached hydrogens (tertiary/aromatic N) is 4. The first-order valence-corrected chi connectivity index (χ1v) is 6.63. The molecule has 2 heterocycles. The number of aryl methyl sites for hydroxylation is 1. The molecule has 0 fully saturated rings. The van der Waals surface area contributed by atoms with Gasteiger partial charge in [-0.1, -0.05) is 34.1 Å². The average molecular weight is 315 g/mol. The quantitative estimate of drug-likeness (QED) is 0.728. The van der Waals surface area contributed by atoms with E-state index in [1.54, 1.807) is 4.68 Å². The van der Waals surface area contributed by atoms with Crippen molar-refractivity contribution in [2.45, 2.75) is 6.92 Å². The van der Waals surface area contributed by atoms with E-state index in [0.29, 0.717) is 5.82 Å². The van der Waals surface area contributed by atoms with E-state index in [2.05, 4.69) is 31.2 Å². The fourth-order valence-corrected chi connectivity index (χ4v) is 2.31. The van der Waals surface area contributed by atoms with E-state index in [0.717, 1.165) is 21.3 Å². The second-order valence-corrected chi connectivity index (χ2v) is 5.04. The molecular formula is C14H11BrN4. The van der Waals surface area contributed by atoms with Crippen LogP contribution < -0.4 is 0 Å². The molecule has 0 aliphatic rings. The summed E-state index contributed by atoms with van der Waals surface area (Å²) in [5, 5.41) is 12.5. The molecule has 0 aliphatic carbocycles. The van der Waals surface area contributed by atoms with Crippen LogP contribution >= 0.6 is 15.9 Å². The van der Waals surface area contributed by atoms with Crippen molar-refractivity contribution in [3.8, 4) is 16.9 Å². The first-order valence-electron chi connectivity index (χ1n) is 5.84. The van der Waals surface area contributed by atoms with Gasteiger partial charge in [0.1, 0.15) is 0 Å². The van der Waals surface area contributed by atoms with Gasteiger partial charge in [-0.25, -0.2) is 4.68 Å². The van der Waals surface area contributed by atoms with Crippen molar-refractivity contribution in [2.75, 3.05) is 0 Å². The van der Waals surface area contributed by atoms with E-state index in [4.69, 9.17) is 0 Å². The van der Waals surface area contributed by atoms with Crippen LogP contribution in [0.5, 0.6) is 0 Å². The maximum absolute atomic E-state index is 4.33. The van der Waals surface area contributed by atoms with Crippen molar-refractivity contribution in [1.82, 2.24) is 20.0 Å². The standard InChI is InChI=1S/C14H11BrN4/c1-10-6-7-14(18-17-10)19-9-11(8-16-19)12-4-2-3-5-13(12)15/h2-9H,1H3. The maximum Gasteiger partial charge on any atom is 0.175 e. The van der Waals surface area contributed by atoms with Crippen molar-refractivity contribution >= 4 is 15.9 Å². The van der Waals surface area contributed by atoms with Crippen LogP contribution in [0.2, 0.25) is 0 Å². The van der Waals surface area contributed by atoms with Gasteiger partial charge in [0.2, 0.25) is 0 Å². The van der Waals surface area contributed by atoms with Crippen molar-refractivity contribution in [3.63, 3.8) is 0 Å². The lowest BCUT2D eigenvalue weighted by molar-refractivity contribution is 0.806. The minimum atomic E-state index is 0.712. The Morgan fingerprint density at radius 1 is 1.05 bits per heavy atom. The third-order valence-electron chi connectivity index (χ3n) is 2.79. The third kappa shape index (κ3) is 2.42. The predicted octanol–water partition coefficient (Wildman–Crippen LogP) is 3.40. The smallest absolute Gasteiger partial charge is 0.175 e. The molecule has 19 heavy (non-hydrogen) atoms. The van der Waals surface area contributed by atoms with Crippen LogP contribution in [0.15, 0.2) is 53.3 Å². The summed E-state index contributed by atoms with van der Waals surface area (Å²) in [6, 6.07) is 11.9. The van der Waals surface area contributed by atoms with Gasteiger partial charge in [-0.2, -0.15) is 10.2 Å². The number of rotatable bonds is 2. The number of benzene rings is 1. The molecule has 0 N–H and O–H groups in total. The van der Waals surface area contributed by atoms with Gasteiger partial charge in [0.05, 0.1) is 11.9 Å². The Kier molecular flexibility index (Phi) is 3.13. The van der Waals surface area contributed by atoms with Crippen LogP contribution in [-0.4, -0.2) is 20.0 Å². The van der Waals surface area contributed by atoms with E-state index in [1.807, 2.05) is 55.7 Å². The van der Waals surface area contributed by atoms with Gasteiger partial charge in [-0.15, -0.1) is 5.10 Å². The monoisotopic (exact) mass is 314 g/mol. The van der Waals surface area contributed by atoms with Gasteiger partial charge in [0, 0.05) is 16.2 Å². The highest BCUT2D eigenvalue weighted by molar-refractivity contribution is 9.10. The molecule has 0 radical (unpaired) electrons. The Balaban J connectivity index is 2.00. The van der Waals surface area contributed by atoms with E-state index in [1.165, 1.54) is 0 Å². The molecule has 1 aromatic carbocycles. The second-order valence-electron chi connectivity index (χ2n) is 4.19. The van der Waals surface area contributed by atoms with Gasteiger partial charge in [0.25, 0.3) is 0 Å². The fraction of sp³-hybridized carbons (Fsp3) is 0.0714. The third-order valence-corrected chi connectivity index (χ3v) is 3.48. The van der Waals surface area contributed by atoms with E-state index < -0.39 is 0 Å². The Bertz CT molecular complexity index is 703. The molecule has 0 saturated carbocycles. The molecule has 0 atom stereocenters. The normalized spacial score (nSPS) is 10.6. The molecule has 3 rings (SSSR count). The topological polar surface area (TPSA) is 43.6 Å². The van der Waals surface area contributed by atoms with Crippen LogP contribution in [-0.2, 0) is 0 Å². The fourth-order valence-electron chi connectivity index (χ4n) is 1.80. The number of halogens is 1. The minimum absolute atomic E-state index is 0.712. The lowest BCUT2D eigenvalue weighted by atomic mass is 10.1. The zero-order valence-electron chi connectivity index (χ0n) is 10.3. The molecule has 3 aromatic rings. The summed E-state index contributed by atoms with van der Waals surface area (Å²) in [7, 11) is 0. The highest BCUT2D eigenvalue weighted by Crippen LogP contribution is 2.27. The molecular weight excluding hydrogens is 304 g/mol. The van der Waals surface area contributed by atoms with Crippen molar-refractivity contribution in [3.05, 3.63) is 59.0 Å². The molecule has 0 aliphatic heterocycles. The van der Waals surface area contributed by atoms with Crippen molar-refractivity contribution in [2.24, 2.45) is 0 Å². The maximum atomic E-state index is 4.33. The van der Waals surface area contributed by atoms with Gasteiger partial charge >= 0.3 is 0 Å². The molecule has 5 heteroatoms. The van der Waals surface area contributed by atoms with Gasteiger partial charge < -0.3 is 0 Å². The van der Waals surface area contributed by atoms with Crippen LogP contribution in [0, 0.1) is 6.92 Å². The zero-order chi connectivity index (χ0) is 13.2. The van der Waals surface area contributed by atoms with Crippen LogP contribution in [0.1, 0.15) is 5.69 Å². The molecule has 0 spiro atoms. The molecule has 94 valence electrons.